The van der Waals surface area contributed by atoms with Crippen molar-refractivity contribution in [2.24, 2.45) is 5.10 Å². The number of benzene rings is 3. The third kappa shape index (κ3) is 7.87. The molecule has 0 saturated carbocycles. The normalized spacial score (nSPS) is 10.8. The number of nitrogens with zero attached hydrogens (tertiary/aromatic N) is 1. The maximum atomic E-state index is 12.1. The second-order valence-electron chi connectivity index (χ2n) is 7.37. The van der Waals surface area contributed by atoms with E-state index in [1.807, 2.05) is 43.3 Å². The topological polar surface area (TPSA) is 79.8 Å². The van der Waals surface area contributed by atoms with Crippen molar-refractivity contribution in [1.29, 1.82) is 0 Å². The van der Waals surface area contributed by atoms with Crippen LogP contribution in [-0.2, 0) is 16.2 Å². The molecule has 3 rings (SSSR count). The predicted molar refractivity (Wildman–Crippen MR) is 140 cm³/mol. The predicted octanol–water partition coefficient (Wildman–Crippen LogP) is 6.51. The van der Waals surface area contributed by atoms with Crippen molar-refractivity contribution in [2.75, 3.05) is 5.32 Å². The number of rotatable bonds is 9. The maximum Gasteiger partial charge on any atom is 0.240 e. The summed E-state index contributed by atoms with van der Waals surface area (Å²) in [4.78, 5) is 24.2. The van der Waals surface area contributed by atoms with Gasteiger partial charge < -0.3 is 10.1 Å². The number of carbonyl (C=O) groups is 2. The highest BCUT2D eigenvalue weighted by Gasteiger charge is 2.09. The van der Waals surface area contributed by atoms with Crippen LogP contribution in [-0.4, -0.2) is 18.0 Å². The van der Waals surface area contributed by atoms with E-state index in [-0.39, 0.29) is 31.3 Å². The summed E-state index contributed by atoms with van der Waals surface area (Å²) in [5.74, 6) is -0.0968. The first kappa shape index (κ1) is 25.7. The van der Waals surface area contributed by atoms with Gasteiger partial charge in [-0.25, -0.2) is 5.43 Å². The number of aryl methyl sites for hydroxylation is 1. The molecule has 2 N–H and O–H groups in total. The van der Waals surface area contributed by atoms with Gasteiger partial charge in [0.2, 0.25) is 11.8 Å². The fourth-order valence-corrected chi connectivity index (χ4v) is 3.62. The van der Waals surface area contributed by atoms with Gasteiger partial charge in [-0.2, -0.15) is 5.10 Å². The number of amides is 2. The second kappa shape index (κ2) is 12.6. The van der Waals surface area contributed by atoms with Gasteiger partial charge in [0, 0.05) is 44.2 Å². The Morgan fingerprint density at radius 2 is 1.76 bits per heavy atom. The van der Waals surface area contributed by atoms with Crippen LogP contribution in [0.25, 0.3) is 0 Å². The van der Waals surface area contributed by atoms with Crippen molar-refractivity contribution in [3.63, 3.8) is 0 Å². The molecule has 0 unspecified atom stereocenters. The van der Waals surface area contributed by atoms with Crippen LogP contribution in [0.2, 0.25) is 10.0 Å². The van der Waals surface area contributed by atoms with Gasteiger partial charge in [0.1, 0.15) is 12.4 Å². The largest absolute Gasteiger partial charge is 0.488 e. The highest BCUT2D eigenvalue weighted by molar-refractivity contribution is 9.10. The molecule has 0 aliphatic rings. The van der Waals surface area contributed by atoms with E-state index >= 15 is 0 Å². The van der Waals surface area contributed by atoms with E-state index in [9.17, 15) is 9.59 Å². The second-order valence-corrected chi connectivity index (χ2v) is 9.10. The zero-order valence-corrected chi connectivity index (χ0v) is 21.4. The molecule has 6 nitrogen and oxygen atoms in total. The average molecular weight is 563 g/mol. The number of hydrazone groups is 1. The molecule has 3 aromatic carbocycles. The highest BCUT2D eigenvalue weighted by Crippen LogP contribution is 2.24. The van der Waals surface area contributed by atoms with E-state index < -0.39 is 0 Å². The fraction of sp³-hybridized carbons (Fsp3) is 0.160. The summed E-state index contributed by atoms with van der Waals surface area (Å²) in [5.41, 5.74) is 5.45. The van der Waals surface area contributed by atoms with Crippen molar-refractivity contribution < 1.29 is 14.3 Å². The summed E-state index contributed by atoms with van der Waals surface area (Å²) in [7, 11) is 0. The molecule has 9 heteroatoms. The van der Waals surface area contributed by atoms with Crippen LogP contribution >= 0.6 is 39.1 Å². The van der Waals surface area contributed by atoms with Crippen LogP contribution in [0.5, 0.6) is 5.75 Å². The molecule has 2 amide bonds. The van der Waals surface area contributed by atoms with E-state index in [1.165, 1.54) is 6.21 Å². The first-order valence-corrected chi connectivity index (χ1v) is 11.9. The van der Waals surface area contributed by atoms with Crippen LogP contribution in [0.15, 0.2) is 70.2 Å². The number of halogens is 3. The number of ether oxygens (including phenoxy) is 1. The zero-order valence-electron chi connectivity index (χ0n) is 18.3. The lowest BCUT2D eigenvalue weighted by Crippen LogP contribution is -2.20. The molecule has 0 bridgehead atoms. The van der Waals surface area contributed by atoms with Crippen LogP contribution in [0, 0.1) is 6.92 Å². The van der Waals surface area contributed by atoms with Crippen molar-refractivity contribution in [2.45, 2.75) is 26.4 Å². The number of hydrogen-bond donors (Lipinski definition) is 2. The number of hydrogen-bond acceptors (Lipinski definition) is 4. The molecule has 3 aromatic rings. The lowest BCUT2D eigenvalue weighted by atomic mass is 10.2. The lowest BCUT2D eigenvalue weighted by Gasteiger charge is -2.10. The highest BCUT2D eigenvalue weighted by atomic mass is 79.9. The molecular weight excluding hydrogens is 541 g/mol. The third-order valence-corrected chi connectivity index (χ3v) is 6.01. The minimum absolute atomic E-state index is 0.00985. The zero-order chi connectivity index (χ0) is 24.5. The SMILES string of the molecule is Cc1ccc(NC(=O)CCC(=O)NN=Cc2cc(Br)ccc2OCc2ccccc2Cl)cc1Cl. The van der Waals surface area contributed by atoms with Crippen molar-refractivity contribution in [3.8, 4) is 5.75 Å². The van der Waals surface area contributed by atoms with Gasteiger partial charge in [-0.3, -0.25) is 9.59 Å². The average Bonchev–Trinajstić information content (AvgIpc) is 2.80. The van der Waals surface area contributed by atoms with E-state index in [0.717, 1.165) is 15.6 Å². The molecule has 0 atom stereocenters. The standard InChI is InChI=1S/C25H22BrCl2N3O3/c1-16-6-8-20(13-22(16)28)30-24(32)10-11-25(33)31-29-14-18-12-19(26)7-9-23(18)34-15-17-4-2-3-5-21(17)27/h2-9,12-14H,10-11,15H2,1H3,(H,30,32)(H,31,33). The molecular formula is C25H22BrCl2N3O3. The summed E-state index contributed by atoms with van der Waals surface area (Å²) in [5, 5.41) is 7.90. The van der Waals surface area contributed by atoms with Crippen LogP contribution < -0.4 is 15.5 Å². The molecule has 0 radical (unpaired) electrons. The smallest absolute Gasteiger partial charge is 0.240 e. The minimum atomic E-state index is -0.387. The maximum absolute atomic E-state index is 12.1. The Morgan fingerprint density at radius 1 is 1.00 bits per heavy atom. The number of nitrogens with one attached hydrogen (secondary N) is 2. The van der Waals surface area contributed by atoms with Gasteiger partial charge >= 0.3 is 0 Å². The number of anilines is 1. The van der Waals surface area contributed by atoms with E-state index in [2.05, 4.69) is 31.8 Å². The Bertz CT molecular complexity index is 1220. The summed E-state index contributed by atoms with van der Waals surface area (Å²) >= 11 is 15.7. The summed E-state index contributed by atoms with van der Waals surface area (Å²) in [6, 6.07) is 18.1. The van der Waals surface area contributed by atoms with Gasteiger partial charge in [-0.1, -0.05) is 63.4 Å². The summed E-state index contributed by atoms with van der Waals surface area (Å²) < 4.78 is 6.73. The van der Waals surface area contributed by atoms with Crippen LogP contribution in [0.1, 0.15) is 29.5 Å². The molecule has 0 aliphatic carbocycles. The Hall–Kier alpha value is -2.87. The molecule has 0 saturated heterocycles. The third-order valence-electron chi connectivity index (χ3n) is 4.74. The van der Waals surface area contributed by atoms with Gasteiger partial charge in [0.05, 0.1) is 6.21 Å². The molecule has 176 valence electrons. The van der Waals surface area contributed by atoms with Gasteiger partial charge in [0.25, 0.3) is 0 Å². The molecule has 0 fully saturated rings. The first-order valence-electron chi connectivity index (χ1n) is 10.4. The van der Waals surface area contributed by atoms with E-state index in [0.29, 0.717) is 27.0 Å². The van der Waals surface area contributed by atoms with Crippen LogP contribution in [0.4, 0.5) is 5.69 Å². The fourth-order valence-electron chi connectivity index (χ4n) is 2.87. The van der Waals surface area contributed by atoms with Crippen molar-refractivity contribution >= 4 is 62.8 Å². The van der Waals surface area contributed by atoms with Gasteiger partial charge in [-0.05, 0) is 48.9 Å². The van der Waals surface area contributed by atoms with Gasteiger partial charge in [0.15, 0.2) is 0 Å². The summed E-state index contributed by atoms with van der Waals surface area (Å²) in [6.07, 6.45) is 1.48. The Labute approximate surface area is 216 Å². The van der Waals surface area contributed by atoms with Gasteiger partial charge in [-0.15, -0.1) is 0 Å². The van der Waals surface area contributed by atoms with E-state index in [1.54, 1.807) is 24.3 Å². The van der Waals surface area contributed by atoms with Crippen molar-refractivity contribution in [3.05, 3.63) is 91.9 Å². The lowest BCUT2D eigenvalue weighted by molar-refractivity contribution is -0.124. The summed E-state index contributed by atoms with van der Waals surface area (Å²) in [6.45, 7) is 2.16. The minimum Gasteiger partial charge on any atom is -0.488 e. The molecule has 0 spiro atoms. The van der Waals surface area contributed by atoms with Crippen molar-refractivity contribution in [1.82, 2.24) is 5.43 Å². The number of carbonyl (C=O) groups excluding carboxylic acids is 2. The Kier molecular flexibility index (Phi) is 9.51. The molecule has 0 aliphatic heterocycles. The monoisotopic (exact) mass is 561 g/mol. The Morgan fingerprint density at radius 3 is 2.53 bits per heavy atom. The molecule has 0 aromatic heterocycles. The first-order chi connectivity index (χ1) is 16.3. The van der Waals surface area contributed by atoms with E-state index in [4.69, 9.17) is 27.9 Å². The Balaban J connectivity index is 1.51. The molecule has 34 heavy (non-hydrogen) atoms. The quantitative estimate of drug-likeness (QED) is 0.230. The molecule has 0 heterocycles. The van der Waals surface area contributed by atoms with Crippen LogP contribution in [0.3, 0.4) is 0 Å².